The number of fused-ring (bicyclic) bond motifs is 1. The van der Waals surface area contributed by atoms with E-state index in [-0.39, 0.29) is 23.0 Å². The molecular formula is C12H7F4I. The van der Waals surface area contributed by atoms with Crippen molar-refractivity contribution in [1.82, 2.24) is 0 Å². The molecule has 0 nitrogen and oxygen atoms in total. The number of benzene rings is 1. The van der Waals surface area contributed by atoms with Gasteiger partial charge in [0.2, 0.25) is 0 Å². The van der Waals surface area contributed by atoms with E-state index < -0.39 is 23.3 Å². The minimum absolute atomic E-state index is 0.0121. The summed E-state index contributed by atoms with van der Waals surface area (Å²) in [6, 6.07) is 0. The fraction of sp³-hybridized carbons (Fsp3) is 0.333. The predicted octanol–water partition coefficient (Wildman–Crippen LogP) is 4.54. The Bertz CT molecular complexity index is 550. The first kappa shape index (κ1) is 11.5. The summed E-state index contributed by atoms with van der Waals surface area (Å²) >= 11 is 2.05. The van der Waals surface area contributed by atoms with Gasteiger partial charge in [-0.1, -0.05) is 6.08 Å². The summed E-state index contributed by atoms with van der Waals surface area (Å²) in [5.41, 5.74) is 0.0302. The lowest BCUT2D eigenvalue weighted by Crippen LogP contribution is -2.24. The summed E-state index contributed by atoms with van der Waals surface area (Å²) in [5.74, 6) is -6.49. The molecule has 0 heterocycles. The van der Waals surface area contributed by atoms with E-state index in [1.54, 1.807) is 0 Å². The molecule has 2 bridgehead atoms. The second-order valence-corrected chi connectivity index (χ2v) is 5.62. The average Bonchev–Trinajstić information content (AvgIpc) is 2.33. The summed E-state index contributed by atoms with van der Waals surface area (Å²) in [7, 11) is 0. The van der Waals surface area contributed by atoms with Crippen LogP contribution in [0.25, 0.3) is 0 Å². The summed E-state index contributed by atoms with van der Waals surface area (Å²) in [6.45, 7) is 0. The van der Waals surface area contributed by atoms with Crippen LogP contribution in [0.1, 0.15) is 35.8 Å². The van der Waals surface area contributed by atoms with E-state index in [0.29, 0.717) is 12.8 Å². The minimum atomic E-state index is -1.70. The van der Waals surface area contributed by atoms with Gasteiger partial charge in [0.05, 0.1) is 0 Å². The molecule has 5 heteroatoms. The molecule has 17 heavy (non-hydrogen) atoms. The molecule has 3 aliphatic carbocycles. The van der Waals surface area contributed by atoms with E-state index >= 15 is 0 Å². The van der Waals surface area contributed by atoms with Crippen molar-refractivity contribution >= 4 is 22.6 Å². The third kappa shape index (κ3) is 1.41. The van der Waals surface area contributed by atoms with Crippen molar-refractivity contribution in [2.75, 3.05) is 0 Å². The normalized spacial score (nSPS) is 25.8. The van der Waals surface area contributed by atoms with Crippen LogP contribution in [0.2, 0.25) is 0 Å². The van der Waals surface area contributed by atoms with Crippen LogP contribution in [0.5, 0.6) is 0 Å². The molecule has 0 aromatic heterocycles. The first-order chi connectivity index (χ1) is 8.02. The molecule has 1 aromatic carbocycles. The van der Waals surface area contributed by atoms with E-state index in [2.05, 4.69) is 22.6 Å². The molecule has 4 rings (SSSR count). The molecule has 0 unspecified atom stereocenters. The van der Waals surface area contributed by atoms with E-state index in [1.807, 2.05) is 6.08 Å². The Morgan fingerprint density at radius 3 is 2.06 bits per heavy atom. The fourth-order valence-corrected chi connectivity index (χ4v) is 3.81. The molecule has 0 spiro atoms. The van der Waals surface area contributed by atoms with Gasteiger partial charge >= 0.3 is 0 Å². The van der Waals surface area contributed by atoms with E-state index in [4.69, 9.17) is 0 Å². The quantitative estimate of drug-likeness (QED) is 0.278. The van der Waals surface area contributed by atoms with Gasteiger partial charge in [0.15, 0.2) is 23.3 Å². The Morgan fingerprint density at radius 2 is 1.47 bits per heavy atom. The molecule has 0 fully saturated rings. The fourth-order valence-electron chi connectivity index (χ4n) is 2.75. The van der Waals surface area contributed by atoms with Crippen molar-refractivity contribution in [1.29, 1.82) is 0 Å². The van der Waals surface area contributed by atoms with Gasteiger partial charge in [0.25, 0.3) is 0 Å². The van der Waals surface area contributed by atoms with E-state index in [0.717, 1.165) is 3.58 Å². The van der Waals surface area contributed by atoms with Crippen molar-refractivity contribution in [3.63, 3.8) is 0 Å². The van der Waals surface area contributed by atoms with Crippen LogP contribution in [-0.2, 0) is 0 Å². The molecule has 0 radical (unpaired) electrons. The highest BCUT2D eigenvalue weighted by molar-refractivity contribution is 14.1. The van der Waals surface area contributed by atoms with Crippen LogP contribution < -0.4 is 0 Å². The maximum Gasteiger partial charge on any atom is 0.197 e. The zero-order valence-corrected chi connectivity index (χ0v) is 10.7. The highest BCUT2D eigenvalue weighted by atomic mass is 127. The van der Waals surface area contributed by atoms with Crippen molar-refractivity contribution < 1.29 is 17.6 Å². The molecule has 0 saturated heterocycles. The van der Waals surface area contributed by atoms with Gasteiger partial charge in [-0.3, -0.25) is 0 Å². The highest BCUT2D eigenvalue weighted by Crippen LogP contribution is 2.52. The second-order valence-electron chi connectivity index (χ2n) is 4.37. The lowest BCUT2D eigenvalue weighted by Gasteiger charge is -2.36. The molecule has 1 aromatic rings. The molecule has 0 N–H and O–H groups in total. The summed E-state index contributed by atoms with van der Waals surface area (Å²) < 4.78 is 54.7. The number of allylic oxidation sites excluding steroid dienone is 2. The molecular weight excluding hydrogens is 347 g/mol. The van der Waals surface area contributed by atoms with Crippen LogP contribution in [0.4, 0.5) is 17.6 Å². The molecule has 0 saturated carbocycles. The van der Waals surface area contributed by atoms with Gasteiger partial charge in [-0.15, -0.1) is 0 Å². The van der Waals surface area contributed by atoms with Crippen molar-refractivity contribution in [2.45, 2.75) is 24.7 Å². The topological polar surface area (TPSA) is 0 Å². The van der Waals surface area contributed by atoms with E-state index in [9.17, 15) is 17.6 Å². The first-order valence-corrected chi connectivity index (χ1v) is 6.33. The number of hydrogen-bond donors (Lipinski definition) is 0. The minimum Gasteiger partial charge on any atom is -0.203 e. The van der Waals surface area contributed by atoms with Gasteiger partial charge in [-0.2, -0.15) is 0 Å². The highest BCUT2D eigenvalue weighted by Gasteiger charge is 2.40. The molecule has 3 aliphatic rings. The SMILES string of the molecule is Fc1c(F)c(F)c2c(c1F)[C@@H]1C=C(I)[C@@H]2CC1. The molecule has 2 atom stereocenters. The monoisotopic (exact) mass is 354 g/mol. The third-order valence-corrected chi connectivity index (χ3v) is 4.63. The predicted molar refractivity (Wildman–Crippen MR) is 63.1 cm³/mol. The van der Waals surface area contributed by atoms with Crippen molar-refractivity contribution in [3.05, 3.63) is 44.1 Å². The second kappa shape index (κ2) is 3.70. The first-order valence-electron chi connectivity index (χ1n) is 5.25. The summed E-state index contributed by atoms with van der Waals surface area (Å²) in [4.78, 5) is 0. The van der Waals surface area contributed by atoms with Crippen LogP contribution in [0, 0.1) is 23.3 Å². The Kier molecular flexibility index (Phi) is 2.50. The number of halogens is 5. The Labute approximate surface area is 109 Å². The maximum absolute atomic E-state index is 13.7. The summed E-state index contributed by atoms with van der Waals surface area (Å²) in [6.07, 6.45) is 3.14. The van der Waals surface area contributed by atoms with Crippen molar-refractivity contribution in [3.8, 4) is 0 Å². The third-order valence-electron chi connectivity index (χ3n) is 3.52. The standard InChI is InChI=1S/C12H7F4I/c13-9-7-4-1-2-5(6(17)3-4)8(7)10(14)12(16)11(9)15/h3-5H,1-2H2/t4-,5-/m0/s1. The Hall–Kier alpha value is -0.590. The van der Waals surface area contributed by atoms with Gasteiger partial charge in [-0.25, -0.2) is 17.6 Å². The number of rotatable bonds is 0. The van der Waals surface area contributed by atoms with Gasteiger partial charge in [0.1, 0.15) is 0 Å². The van der Waals surface area contributed by atoms with Gasteiger partial charge < -0.3 is 0 Å². The number of hydrogen-bond acceptors (Lipinski definition) is 0. The van der Waals surface area contributed by atoms with Crippen LogP contribution >= 0.6 is 22.6 Å². The molecule has 0 amide bonds. The Morgan fingerprint density at radius 1 is 0.882 bits per heavy atom. The average molecular weight is 354 g/mol. The van der Waals surface area contributed by atoms with Crippen molar-refractivity contribution in [2.24, 2.45) is 0 Å². The van der Waals surface area contributed by atoms with Crippen LogP contribution in [0.3, 0.4) is 0 Å². The lowest BCUT2D eigenvalue weighted by atomic mass is 9.71. The van der Waals surface area contributed by atoms with Gasteiger partial charge in [-0.05, 0) is 39.0 Å². The maximum atomic E-state index is 13.7. The smallest absolute Gasteiger partial charge is 0.197 e. The molecule has 0 aliphatic heterocycles. The summed E-state index contributed by atoms with van der Waals surface area (Å²) in [5, 5.41) is 0. The Balaban J connectivity index is 2.37. The lowest BCUT2D eigenvalue weighted by molar-refractivity contribution is 0.378. The zero-order valence-electron chi connectivity index (χ0n) is 8.54. The van der Waals surface area contributed by atoms with Gasteiger partial charge in [0, 0.05) is 23.0 Å². The van der Waals surface area contributed by atoms with Crippen LogP contribution in [-0.4, -0.2) is 0 Å². The molecule has 90 valence electrons. The zero-order chi connectivity index (χ0) is 12.3. The van der Waals surface area contributed by atoms with Crippen LogP contribution in [0.15, 0.2) is 9.66 Å². The van der Waals surface area contributed by atoms with E-state index in [1.165, 1.54) is 0 Å². The largest absolute Gasteiger partial charge is 0.203 e.